The van der Waals surface area contributed by atoms with Gasteiger partial charge in [0.2, 0.25) is 0 Å². The number of hydrogen-bond donors (Lipinski definition) is 0. The Morgan fingerprint density at radius 3 is 2.48 bits per heavy atom. The number of rotatable bonds is 7. The third kappa shape index (κ3) is 5.98. The van der Waals surface area contributed by atoms with Crippen molar-refractivity contribution in [1.82, 2.24) is 19.9 Å². The fourth-order valence-corrected chi connectivity index (χ4v) is 4.97. The van der Waals surface area contributed by atoms with E-state index in [0.717, 1.165) is 38.2 Å². The summed E-state index contributed by atoms with van der Waals surface area (Å²) in [5, 5.41) is 8.53. The number of nitrogens with zero attached hydrogens (tertiary/aromatic N) is 4. The van der Waals surface area contributed by atoms with Gasteiger partial charge in [0.05, 0.1) is 24.2 Å². The maximum atomic E-state index is 14.4. The highest BCUT2D eigenvalue weighted by Gasteiger charge is 2.24. The molecule has 0 amide bonds. The van der Waals surface area contributed by atoms with E-state index in [4.69, 9.17) is 0 Å². The Morgan fingerprint density at radius 1 is 1.03 bits per heavy atom. The van der Waals surface area contributed by atoms with Gasteiger partial charge in [-0.15, -0.1) is 5.10 Å². The highest BCUT2D eigenvalue weighted by Crippen LogP contribution is 2.31. The van der Waals surface area contributed by atoms with E-state index in [-0.39, 0.29) is 17.5 Å². The SMILES string of the molecule is CS(=O)(=O)Cc1ccc(F)c(C2CCN(Cc3cn(Cc4ccccc4)nn3)CC2)c1. The van der Waals surface area contributed by atoms with Gasteiger partial charge in [0, 0.05) is 12.8 Å². The highest BCUT2D eigenvalue weighted by molar-refractivity contribution is 7.89. The van der Waals surface area contributed by atoms with Crippen LogP contribution in [0.3, 0.4) is 0 Å². The summed E-state index contributed by atoms with van der Waals surface area (Å²) in [5.41, 5.74) is 3.39. The quantitative estimate of drug-likeness (QED) is 0.561. The Bertz CT molecular complexity index is 1120. The van der Waals surface area contributed by atoms with E-state index >= 15 is 0 Å². The largest absolute Gasteiger partial charge is 0.297 e. The Balaban J connectivity index is 1.34. The van der Waals surface area contributed by atoms with E-state index in [9.17, 15) is 12.8 Å². The van der Waals surface area contributed by atoms with Crippen LogP contribution < -0.4 is 0 Å². The van der Waals surface area contributed by atoms with Crippen LogP contribution in [-0.2, 0) is 28.7 Å². The number of aromatic nitrogens is 3. The first kappa shape index (κ1) is 21.6. The molecule has 0 unspecified atom stereocenters. The molecule has 2 heterocycles. The van der Waals surface area contributed by atoms with Crippen molar-refractivity contribution in [3.63, 3.8) is 0 Å². The van der Waals surface area contributed by atoms with Gasteiger partial charge >= 0.3 is 0 Å². The lowest BCUT2D eigenvalue weighted by Crippen LogP contribution is -2.32. The Morgan fingerprint density at radius 2 is 1.77 bits per heavy atom. The molecule has 0 saturated carbocycles. The first-order chi connectivity index (χ1) is 14.9. The maximum absolute atomic E-state index is 14.4. The molecule has 8 heteroatoms. The molecule has 3 aromatic rings. The summed E-state index contributed by atoms with van der Waals surface area (Å²) < 4.78 is 39.4. The van der Waals surface area contributed by atoms with Crippen LogP contribution in [0.15, 0.2) is 54.7 Å². The normalized spacial score (nSPS) is 15.9. The summed E-state index contributed by atoms with van der Waals surface area (Å²) in [7, 11) is -3.14. The minimum Gasteiger partial charge on any atom is -0.297 e. The third-order valence-electron chi connectivity index (χ3n) is 5.68. The average molecular weight is 443 g/mol. The minimum atomic E-state index is -3.14. The topological polar surface area (TPSA) is 68.1 Å². The molecule has 31 heavy (non-hydrogen) atoms. The summed E-state index contributed by atoms with van der Waals surface area (Å²) in [6, 6.07) is 14.8. The van der Waals surface area contributed by atoms with Gasteiger partial charge < -0.3 is 0 Å². The summed E-state index contributed by atoms with van der Waals surface area (Å²) in [4.78, 5) is 2.31. The summed E-state index contributed by atoms with van der Waals surface area (Å²) in [6.45, 7) is 3.09. The fraction of sp³-hybridized carbons (Fsp3) is 0.391. The Hall–Kier alpha value is -2.58. The molecular weight excluding hydrogens is 415 g/mol. The van der Waals surface area contributed by atoms with E-state index in [2.05, 4.69) is 27.3 Å². The van der Waals surface area contributed by atoms with Gasteiger partial charge in [0.15, 0.2) is 9.84 Å². The van der Waals surface area contributed by atoms with Crippen LogP contribution in [0, 0.1) is 5.82 Å². The van der Waals surface area contributed by atoms with Crippen molar-refractivity contribution < 1.29 is 12.8 Å². The van der Waals surface area contributed by atoms with Gasteiger partial charge in [-0.2, -0.15) is 0 Å². The molecule has 0 N–H and O–H groups in total. The molecule has 164 valence electrons. The molecular formula is C23H27FN4O2S. The molecule has 0 radical (unpaired) electrons. The zero-order valence-electron chi connectivity index (χ0n) is 17.6. The zero-order chi connectivity index (χ0) is 21.8. The lowest BCUT2D eigenvalue weighted by Gasteiger charge is -2.31. The molecule has 0 bridgehead atoms. The Kier molecular flexibility index (Phi) is 6.48. The molecule has 4 rings (SSSR count). The van der Waals surface area contributed by atoms with Gasteiger partial charge in [-0.1, -0.05) is 47.7 Å². The van der Waals surface area contributed by atoms with Crippen LogP contribution in [-0.4, -0.2) is 47.7 Å². The van der Waals surface area contributed by atoms with E-state index in [1.54, 1.807) is 12.1 Å². The zero-order valence-corrected chi connectivity index (χ0v) is 18.4. The van der Waals surface area contributed by atoms with E-state index in [1.165, 1.54) is 17.9 Å². The molecule has 0 atom stereocenters. The van der Waals surface area contributed by atoms with Crippen molar-refractivity contribution in [2.45, 2.75) is 37.6 Å². The number of sulfone groups is 1. The second-order valence-electron chi connectivity index (χ2n) is 8.37. The van der Waals surface area contributed by atoms with Gasteiger partial charge in [0.1, 0.15) is 5.82 Å². The minimum absolute atomic E-state index is 0.0578. The van der Waals surface area contributed by atoms with Gasteiger partial charge in [-0.3, -0.25) is 4.90 Å². The van der Waals surface area contributed by atoms with Crippen LogP contribution in [0.2, 0.25) is 0 Å². The van der Waals surface area contributed by atoms with Crippen molar-refractivity contribution in [2.75, 3.05) is 19.3 Å². The maximum Gasteiger partial charge on any atom is 0.151 e. The predicted molar refractivity (Wildman–Crippen MR) is 118 cm³/mol. The lowest BCUT2D eigenvalue weighted by molar-refractivity contribution is 0.201. The average Bonchev–Trinajstić information content (AvgIpc) is 3.16. The molecule has 6 nitrogen and oxygen atoms in total. The molecule has 2 aromatic carbocycles. The van der Waals surface area contributed by atoms with Crippen molar-refractivity contribution in [2.24, 2.45) is 0 Å². The Labute approximate surface area is 182 Å². The molecule has 0 aliphatic carbocycles. The van der Waals surface area contributed by atoms with Crippen molar-refractivity contribution in [3.05, 3.63) is 82.9 Å². The lowest BCUT2D eigenvalue weighted by atomic mass is 9.88. The third-order valence-corrected chi connectivity index (χ3v) is 6.53. The smallest absolute Gasteiger partial charge is 0.151 e. The van der Waals surface area contributed by atoms with E-state index in [1.807, 2.05) is 29.1 Å². The monoisotopic (exact) mass is 442 g/mol. The van der Waals surface area contributed by atoms with Gasteiger partial charge in [0.25, 0.3) is 0 Å². The van der Waals surface area contributed by atoms with Crippen molar-refractivity contribution >= 4 is 9.84 Å². The van der Waals surface area contributed by atoms with Crippen molar-refractivity contribution in [1.29, 1.82) is 0 Å². The van der Waals surface area contributed by atoms with Crippen molar-refractivity contribution in [3.8, 4) is 0 Å². The highest BCUT2D eigenvalue weighted by atomic mass is 32.2. The number of halogens is 1. The molecule has 1 fully saturated rings. The van der Waals surface area contributed by atoms with Crippen LogP contribution >= 0.6 is 0 Å². The first-order valence-electron chi connectivity index (χ1n) is 10.5. The van der Waals surface area contributed by atoms with Gasteiger partial charge in [-0.05, 0) is 54.6 Å². The molecule has 1 aliphatic rings. The molecule has 1 saturated heterocycles. The standard InChI is InChI=1S/C23H27FN4O2S/c1-31(29,30)17-19-7-8-23(24)22(13-19)20-9-11-27(12-10-20)15-21-16-28(26-25-21)14-18-5-3-2-4-6-18/h2-8,13,16,20H,9-12,14-15,17H2,1H3. The second kappa shape index (κ2) is 9.28. The van der Waals surface area contributed by atoms with Crippen LogP contribution in [0.25, 0.3) is 0 Å². The summed E-state index contributed by atoms with van der Waals surface area (Å²) >= 11 is 0. The molecule has 0 spiro atoms. The van der Waals surface area contributed by atoms with E-state index < -0.39 is 9.84 Å². The predicted octanol–water partition coefficient (Wildman–Crippen LogP) is 3.39. The fourth-order valence-electron chi connectivity index (χ4n) is 4.19. The van der Waals surface area contributed by atoms with E-state index in [0.29, 0.717) is 17.7 Å². The van der Waals surface area contributed by atoms with Crippen LogP contribution in [0.5, 0.6) is 0 Å². The number of likely N-dealkylation sites (tertiary alicyclic amines) is 1. The van der Waals surface area contributed by atoms with Gasteiger partial charge in [-0.25, -0.2) is 17.5 Å². The number of benzene rings is 2. The van der Waals surface area contributed by atoms with Crippen LogP contribution in [0.4, 0.5) is 4.39 Å². The van der Waals surface area contributed by atoms with Crippen LogP contribution in [0.1, 0.15) is 41.1 Å². The molecule has 1 aromatic heterocycles. The molecule has 1 aliphatic heterocycles. The second-order valence-corrected chi connectivity index (χ2v) is 10.5. The number of piperidine rings is 1. The first-order valence-corrected chi connectivity index (χ1v) is 12.5. The summed E-state index contributed by atoms with van der Waals surface area (Å²) in [6.07, 6.45) is 4.84. The summed E-state index contributed by atoms with van der Waals surface area (Å²) in [5.74, 6) is -0.207. The number of hydrogen-bond acceptors (Lipinski definition) is 5.